The van der Waals surface area contributed by atoms with Crippen LogP contribution in [0.15, 0.2) is 30.3 Å². The van der Waals surface area contributed by atoms with E-state index in [0.29, 0.717) is 13.1 Å². The Balaban J connectivity index is 1.45. The molecule has 6 heteroatoms. The third-order valence-corrected chi connectivity index (χ3v) is 5.75. The maximum atomic E-state index is 12.4. The lowest BCUT2D eigenvalue weighted by molar-refractivity contribution is 0.103. The zero-order valence-corrected chi connectivity index (χ0v) is 14.1. The first-order valence-corrected chi connectivity index (χ1v) is 9.11. The zero-order valence-electron chi connectivity index (χ0n) is 13.3. The predicted octanol–water partition coefficient (Wildman–Crippen LogP) is 3.41. The number of fused-ring (bicyclic) bond motifs is 1. The molecule has 2 N–H and O–H groups in total. The van der Waals surface area contributed by atoms with Crippen molar-refractivity contribution in [3.8, 4) is 0 Å². The van der Waals surface area contributed by atoms with Crippen molar-refractivity contribution >= 4 is 34.6 Å². The molecule has 1 aromatic heterocycles. The molecule has 0 saturated carbocycles. The summed E-state index contributed by atoms with van der Waals surface area (Å²) in [6.45, 7) is 1.34. The minimum Gasteiger partial charge on any atom is -0.336 e. The number of anilines is 2. The smallest absolute Gasteiger partial charge is 0.321 e. The van der Waals surface area contributed by atoms with Gasteiger partial charge in [0, 0.05) is 29.3 Å². The molecule has 0 bridgehead atoms. The topological polar surface area (TPSA) is 61.4 Å². The van der Waals surface area contributed by atoms with Crippen LogP contribution in [0, 0.1) is 0 Å². The maximum Gasteiger partial charge on any atom is 0.321 e. The molecule has 124 valence electrons. The minimum atomic E-state index is -0.0732. The van der Waals surface area contributed by atoms with Gasteiger partial charge in [0.1, 0.15) is 0 Å². The summed E-state index contributed by atoms with van der Waals surface area (Å²) < 4.78 is 0. The highest BCUT2D eigenvalue weighted by atomic mass is 32.1. The normalized spacial score (nSPS) is 16.7. The molecule has 3 amide bonds. The number of urea groups is 1. The number of carbonyl (C=O) groups is 2. The lowest BCUT2D eigenvalue weighted by Gasteiger charge is -2.14. The SMILES string of the molecule is O=C(Nc1ccc(N2CCNC2=O)cc1)c1cc2c(s1)CCCC2. The Morgan fingerprint density at radius 3 is 2.67 bits per heavy atom. The second-order valence-electron chi connectivity index (χ2n) is 6.15. The van der Waals surface area contributed by atoms with Crippen molar-refractivity contribution in [1.82, 2.24) is 5.32 Å². The van der Waals surface area contributed by atoms with E-state index in [1.807, 2.05) is 30.3 Å². The molecule has 2 heterocycles. The fourth-order valence-corrected chi connectivity index (χ4v) is 4.39. The van der Waals surface area contributed by atoms with Crippen LogP contribution < -0.4 is 15.5 Å². The molecular formula is C18H19N3O2S. The number of rotatable bonds is 3. The zero-order chi connectivity index (χ0) is 16.5. The molecule has 0 radical (unpaired) electrons. The number of nitrogens with one attached hydrogen (secondary N) is 2. The lowest BCUT2D eigenvalue weighted by Crippen LogP contribution is -2.27. The highest BCUT2D eigenvalue weighted by Crippen LogP contribution is 2.30. The van der Waals surface area contributed by atoms with Crippen LogP contribution in [0.4, 0.5) is 16.2 Å². The highest BCUT2D eigenvalue weighted by Gasteiger charge is 2.21. The third-order valence-electron chi connectivity index (χ3n) is 4.51. The molecule has 0 atom stereocenters. The summed E-state index contributed by atoms with van der Waals surface area (Å²) in [5.41, 5.74) is 2.93. The third kappa shape index (κ3) is 2.89. The van der Waals surface area contributed by atoms with Gasteiger partial charge >= 0.3 is 6.03 Å². The van der Waals surface area contributed by atoms with Crippen LogP contribution in [-0.4, -0.2) is 25.0 Å². The number of amides is 3. The van der Waals surface area contributed by atoms with Crippen molar-refractivity contribution in [2.24, 2.45) is 0 Å². The van der Waals surface area contributed by atoms with E-state index in [1.165, 1.54) is 23.3 Å². The fourth-order valence-electron chi connectivity index (χ4n) is 3.24. The average molecular weight is 341 g/mol. The maximum absolute atomic E-state index is 12.4. The second kappa shape index (κ2) is 6.28. The molecule has 2 aromatic rings. The first-order valence-electron chi connectivity index (χ1n) is 8.29. The number of carbonyl (C=O) groups excluding carboxylic acids is 2. The van der Waals surface area contributed by atoms with Crippen molar-refractivity contribution in [3.05, 3.63) is 45.6 Å². The molecule has 1 fully saturated rings. The fraction of sp³-hybridized carbons (Fsp3) is 0.333. The van der Waals surface area contributed by atoms with Crippen LogP contribution >= 0.6 is 11.3 Å². The Bertz CT molecular complexity index is 759. The van der Waals surface area contributed by atoms with Gasteiger partial charge in [0.2, 0.25) is 0 Å². The van der Waals surface area contributed by atoms with Gasteiger partial charge < -0.3 is 10.6 Å². The van der Waals surface area contributed by atoms with Crippen LogP contribution in [0.1, 0.15) is 33.0 Å². The summed E-state index contributed by atoms with van der Waals surface area (Å²) in [5, 5.41) is 5.73. The molecule has 1 aromatic carbocycles. The second-order valence-corrected chi connectivity index (χ2v) is 7.29. The molecule has 1 aliphatic heterocycles. The molecule has 0 unspecified atom stereocenters. The quantitative estimate of drug-likeness (QED) is 0.899. The van der Waals surface area contributed by atoms with E-state index in [0.717, 1.165) is 29.1 Å². The summed E-state index contributed by atoms with van der Waals surface area (Å²) in [6.07, 6.45) is 4.63. The summed E-state index contributed by atoms with van der Waals surface area (Å²) >= 11 is 1.61. The Labute approximate surface area is 144 Å². The number of thiophene rings is 1. The van der Waals surface area contributed by atoms with E-state index in [4.69, 9.17) is 0 Å². The molecule has 0 spiro atoms. The van der Waals surface area contributed by atoms with Gasteiger partial charge in [0.05, 0.1) is 4.88 Å². The van der Waals surface area contributed by atoms with Gasteiger partial charge in [0.25, 0.3) is 5.91 Å². The van der Waals surface area contributed by atoms with Gasteiger partial charge in [-0.25, -0.2) is 4.79 Å². The first kappa shape index (κ1) is 15.2. The standard InChI is InChI=1S/C18H19N3O2S/c22-17(16-11-12-3-1-2-4-15(12)24-16)20-13-5-7-14(8-6-13)21-10-9-19-18(21)23/h5-8,11H,1-4,9-10H2,(H,19,23)(H,20,22). The van der Waals surface area contributed by atoms with Gasteiger partial charge in [0.15, 0.2) is 0 Å². The first-order chi connectivity index (χ1) is 11.7. The molecule has 5 nitrogen and oxygen atoms in total. The van der Waals surface area contributed by atoms with Crippen LogP contribution in [-0.2, 0) is 12.8 Å². The van der Waals surface area contributed by atoms with E-state index in [9.17, 15) is 9.59 Å². The van der Waals surface area contributed by atoms with Gasteiger partial charge in [-0.3, -0.25) is 9.69 Å². The Morgan fingerprint density at radius 1 is 1.17 bits per heavy atom. The van der Waals surface area contributed by atoms with Crippen LogP contribution in [0.2, 0.25) is 0 Å². The van der Waals surface area contributed by atoms with Crippen molar-refractivity contribution in [2.75, 3.05) is 23.3 Å². The predicted molar refractivity (Wildman–Crippen MR) is 96.1 cm³/mol. The van der Waals surface area contributed by atoms with Gasteiger partial charge in [-0.2, -0.15) is 0 Å². The van der Waals surface area contributed by atoms with Crippen molar-refractivity contribution in [2.45, 2.75) is 25.7 Å². The Morgan fingerprint density at radius 2 is 1.96 bits per heavy atom. The van der Waals surface area contributed by atoms with Crippen molar-refractivity contribution in [1.29, 1.82) is 0 Å². The average Bonchev–Trinajstić information content (AvgIpc) is 3.21. The monoisotopic (exact) mass is 341 g/mol. The van der Waals surface area contributed by atoms with Gasteiger partial charge in [-0.05, 0) is 61.6 Å². The molecule has 24 heavy (non-hydrogen) atoms. The van der Waals surface area contributed by atoms with E-state index in [1.54, 1.807) is 16.2 Å². The molecule has 4 rings (SSSR count). The number of nitrogens with zero attached hydrogens (tertiary/aromatic N) is 1. The highest BCUT2D eigenvalue weighted by molar-refractivity contribution is 7.14. The summed E-state index contributed by atoms with van der Waals surface area (Å²) in [6, 6.07) is 9.37. The summed E-state index contributed by atoms with van der Waals surface area (Å²) in [7, 11) is 0. The van der Waals surface area contributed by atoms with Crippen LogP contribution in [0.3, 0.4) is 0 Å². The summed E-state index contributed by atoms with van der Waals surface area (Å²) in [5.74, 6) is -0.0546. The lowest BCUT2D eigenvalue weighted by atomic mass is 9.99. The molecule has 2 aliphatic rings. The van der Waals surface area contributed by atoms with Gasteiger partial charge in [-0.15, -0.1) is 11.3 Å². The van der Waals surface area contributed by atoms with E-state index < -0.39 is 0 Å². The Kier molecular flexibility index (Phi) is 3.98. The van der Waals surface area contributed by atoms with E-state index in [-0.39, 0.29) is 11.9 Å². The Hall–Kier alpha value is -2.34. The minimum absolute atomic E-state index is 0.0546. The number of benzene rings is 1. The molecule has 1 aliphatic carbocycles. The van der Waals surface area contributed by atoms with Crippen LogP contribution in [0.25, 0.3) is 0 Å². The largest absolute Gasteiger partial charge is 0.336 e. The molecular weight excluding hydrogens is 322 g/mol. The van der Waals surface area contributed by atoms with E-state index in [2.05, 4.69) is 10.6 Å². The van der Waals surface area contributed by atoms with Crippen molar-refractivity contribution in [3.63, 3.8) is 0 Å². The van der Waals surface area contributed by atoms with Crippen LogP contribution in [0.5, 0.6) is 0 Å². The number of hydrogen-bond acceptors (Lipinski definition) is 3. The summed E-state index contributed by atoms with van der Waals surface area (Å²) in [4.78, 5) is 28.0. The van der Waals surface area contributed by atoms with Crippen molar-refractivity contribution < 1.29 is 9.59 Å². The van der Waals surface area contributed by atoms with E-state index >= 15 is 0 Å². The molecule has 1 saturated heterocycles. The number of hydrogen-bond donors (Lipinski definition) is 2. The number of aryl methyl sites for hydroxylation is 2. The van der Waals surface area contributed by atoms with Gasteiger partial charge in [-0.1, -0.05) is 0 Å².